The van der Waals surface area contributed by atoms with Crippen LogP contribution in [-0.2, 0) is 0 Å². The molecule has 1 unspecified atom stereocenters. The topological polar surface area (TPSA) is 52.0 Å². The van der Waals surface area contributed by atoms with Crippen LogP contribution in [0.2, 0.25) is 0 Å². The summed E-state index contributed by atoms with van der Waals surface area (Å²) in [5, 5.41) is 0. The molecule has 1 atom stereocenters. The van der Waals surface area contributed by atoms with Gasteiger partial charge >= 0.3 is 0 Å². The molecule has 3 aliphatic rings. The highest BCUT2D eigenvalue weighted by Crippen LogP contribution is 2.44. The van der Waals surface area contributed by atoms with Crippen molar-refractivity contribution in [3.05, 3.63) is 101 Å². The van der Waals surface area contributed by atoms with Crippen LogP contribution in [0.1, 0.15) is 101 Å². The molecule has 0 aromatic heterocycles. The van der Waals surface area contributed by atoms with E-state index in [4.69, 9.17) is 11.5 Å². The minimum absolute atomic E-state index is 0.110. The van der Waals surface area contributed by atoms with E-state index in [1.807, 2.05) is 54.6 Å². The molecule has 3 aliphatic carbocycles. The Kier molecular flexibility index (Phi) is 11.3. The summed E-state index contributed by atoms with van der Waals surface area (Å²) in [4.78, 5) is 0. The van der Waals surface area contributed by atoms with Crippen molar-refractivity contribution in [1.82, 2.24) is 0 Å². The lowest BCUT2D eigenvalue weighted by molar-refractivity contribution is 0.155. The van der Waals surface area contributed by atoms with Gasteiger partial charge in [-0.05, 0) is 91.0 Å². The highest BCUT2D eigenvalue weighted by Gasteiger charge is 2.31. The molecule has 5 rings (SSSR count). The third kappa shape index (κ3) is 8.46. The third-order valence-electron chi connectivity index (χ3n) is 9.20. The fourth-order valence-electron chi connectivity index (χ4n) is 6.87. The van der Waals surface area contributed by atoms with E-state index in [-0.39, 0.29) is 6.04 Å². The van der Waals surface area contributed by atoms with E-state index >= 15 is 0 Å². The Morgan fingerprint density at radius 2 is 1.42 bits per heavy atom. The molecule has 4 N–H and O–H groups in total. The predicted octanol–water partition coefficient (Wildman–Crippen LogP) is 9.16. The number of hydrogen-bond acceptors (Lipinski definition) is 2. The fourth-order valence-corrected chi connectivity index (χ4v) is 6.87. The van der Waals surface area contributed by atoms with Gasteiger partial charge in [0.05, 0.1) is 6.04 Å². The van der Waals surface area contributed by atoms with Crippen molar-refractivity contribution in [3.8, 4) is 0 Å². The largest absolute Gasteiger partial charge is 0.398 e. The molecule has 0 amide bonds. The minimum Gasteiger partial charge on any atom is -0.398 e. The average Bonchev–Trinajstić information content (AvgIpc) is 2.97. The zero-order valence-electron chi connectivity index (χ0n) is 23.6. The van der Waals surface area contributed by atoms with Gasteiger partial charge in [0.2, 0.25) is 0 Å². The second kappa shape index (κ2) is 15.1. The van der Waals surface area contributed by atoms with Crippen LogP contribution in [0.5, 0.6) is 0 Å². The molecule has 2 aromatic carbocycles. The Bertz CT molecular complexity index is 1010. The van der Waals surface area contributed by atoms with E-state index in [9.17, 15) is 0 Å². The summed E-state index contributed by atoms with van der Waals surface area (Å²) < 4.78 is 0. The molecule has 0 saturated heterocycles. The first-order valence-corrected chi connectivity index (χ1v) is 15.4. The molecule has 0 radical (unpaired) electrons. The molecule has 0 aliphatic heterocycles. The lowest BCUT2D eigenvalue weighted by Crippen LogP contribution is -2.25. The first kappa shape index (κ1) is 28.4. The van der Waals surface area contributed by atoms with Gasteiger partial charge in [0.15, 0.2) is 0 Å². The number of rotatable bonds is 7. The van der Waals surface area contributed by atoms with E-state index in [1.54, 1.807) is 0 Å². The van der Waals surface area contributed by atoms with Crippen LogP contribution in [-0.4, -0.2) is 6.04 Å². The zero-order chi connectivity index (χ0) is 26.6. The first-order chi connectivity index (χ1) is 18.6. The molecule has 204 valence electrons. The van der Waals surface area contributed by atoms with Crippen molar-refractivity contribution < 1.29 is 0 Å². The second-order valence-electron chi connectivity index (χ2n) is 11.8. The number of nitrogens with two attached hydrogens (primary N) is 2. The molecule has 38 heavy (non-hydrogen) atoms. The normalized spacial score (nSPS) is 28.3. The molecule has 0 spiro atoms. The van der Waals surface area contributed by atoms with Gasteiger partial charge in [0.1, 0.15) is 0 Å². The highest BCUT2D eigenvalue weighted by atomic mass is 14.7. The second-order valence-corrected chi connectivity index (χ2v) is 11.8. The Hall–Kier alpha value is -2.58. The monoisotopic (exact) mass is 510 g/mol. The highest BCUT2D eigenvalue weighted by molar-refractivity contribution is 5.62. The van der Waals surface area contributed by atoms with Crippen LogP contribution in [0, 0.1) is 17.8 Å². The van der Waals surface area contributed by atoms with Gasteiger partial charge < -0.3 is 11.5 Å². The van der Waals surface area contributed by atoms with Gasteiger partial charge in [-0.2, -0.15) is 0 Å². The summed E-state index contributed by atoms with van der Waals surface area (Å²) in [5.41, 5.74) is 17.0. The van der Waals surface area contributed by atoms with Crippen molar-refractivity contribution in [1.29, 1.82) is 0 Å². The van der Waals surface area contributed by atoms with Gasteiger partial charge in [0.25, 0.3) is 0 Å². The summed E-state index contributed by atoms with van der Waals surface area (Å²) in [7, 11) is 0. The van der Waals surface area contributed by atoms with Gasteiger partial charge in [-0.3, -0.25) is 0 Å². The first-order valence-electron chi connectivity index (χ1n) is 15.4. The van der Waals surface area contributed by atoms with E-state index in [2.05, 4.69) is 37.3 Å². The van der Waals surface area contributed by atoms with Gasteiger partial charge in [-0.1, -0.05) is 118 Å². The van der Waals surface area contributed by atoms with Crippen LogP contribution in [0.15, 0.2) is 90.2 Å². The smallest absolute Gasteiger partial charge is 0.0504 e. The number of allylic oxidation sites excluding steroid dienone is 2. The van der Waals surface area contributed by atoms with Gasteiger partial charge in [-0.15, -0.1) is 0 Å². The molecule has 2 saturated carbocycles. The Balaban J connectivity index is 0.000000494. The molecule has 2 aromatic rings. The van der Waals surface area contributed by atoms with Crippen LogP contribution in [0.25, 0.3) is 6.08 Å². The zero-order valence-corrected chi connectivity index (χ0v) is 23.6. The van der Waals surface area contributed by atoms with Gasteiger partial charge in [0, 0.05) is 5.70 Å². The maximum absolute atomic E-state index is 6.25. The molecule has 2 heteroatoms. The summed E-state index contributed by atoms with van der Waals surface area (Å²) in [5.74, 6) is 3.72. The predicted molar refractivity (Wildman–Crippen MR) is 165 cm³/mol. The molecule has 2 nitrogen and oxygen atoms in total. The minimum atomic E-state index is -0.110. The van der Waals surface area contributed by atoms with Gasteiger partial charge in [-0.25, -0.2) is 0 Å². The standard InChI is InChI=1S/C30H44N2.C6H6/c1-2-3-4-7-22-12-14-24(15-13-22)25-16-18-26(19-17-25)27-9-5-8-23(20-27)21-28-29(31)10-6-11-30(28)32;1-2-4-6-5-3-1/h5-6,8-11,20-22,24-26,29H,2-4,7,12-19,31-32H2,1H3;1-6H. The van der Waals surface area contributed by atoms with Crippen molar-refractivity contribution in [2.24, 2.45) is 29.2 Å². The number of hydrogen-bond donors (Lipinski definition) is 2. The molecular formula is C36H50N2. The van der Waals surface area contributed by atoms with E-state index < -0.39 is 0 Å². The third-order valence-corrected chi connectivity index (χ3v) is 9.20. The van der Waals surface area contributed by atoms with Crippen molar-refractivity contribution >= 4 is 6.08 Å². The fraction of sp³-hybridized carbons (Fsp3) is 0.500. The average molecular weight is 511 g/mol. The summed E-state index contributed by atoms with van der Waals surface area (Å²) in [6, 6.07) is 21.0. The van der Waals surface area contributed by atoms with Crippen LogP contribution >= 0.6 is 0 Å². The van der Waals surface area contributed by atoms with Crippen molar-refractivity contribution in [2.45, 2.75) is 95.9 Å². The summed E-state index contributed by atoms with van der Waals surface area (Å²) >= 11 is 0. The van der Waals surface area contributed by atoms with Crippen LogP contribution in [0.3, 0.4) is 0 Å². The van der Waals surface area contributed by atoms with E-state index in [0.717, 1.165) is 29.0 Å². The van der Waals surface area contributed by atoms with Crippen LogP contribution < -0.4 is 11.5 Å². The van der Waals surface area contributed by atoms with E-state index in [1.165, 1.54) is 88.2 Å². The number of benzene rings is 2. The maximum Gasteiger partial charge on any atom is 0.0504 e. The maximum atomic E-state index is 6.25. The SMILES string of the molecule is CCCCCC1CCC(C2CCC(c3cccc(C=C4C(N)=CC=CC4N)c3)CC2)CC1.c1ccccc1. The Morgan fingerprint density at radius 3 is 2.03 bits per heavy atom. The van der Waals surface area contributed by atoms with Crippen LogP contribution in [0.4, 0.5) is 0 Å². The molecule has 2 fully saturated rings. The lowest BCUT2D eigenvalue weighted by Gasteiger charge is -2.38. The van der Waals surface area contributed by atoms with Crippen molar-refractivity contribution in [3.63, 3.8) is 0 Å². The Labute approximate surface area is 232 Å². The summed E-state index contributed by atoms with van der Waals surface area (Å²) in [6.07, 6.45) is 25.4. The van der Waals surface area contributed by atoms with E-state index in [0.29, 0.717) is 5.92 Å². The van der Waals surface area contributed by atoms with Crippen molar-refractivity contribution in [2.75, 3.05) is 0 Å². The Morgan fingerprint density at radius 1 is 0.789 bits per heavy atom. The molecular weight excluding hydrogens is 460 g/mol. The quantitative estimate of drug-likeness (QED) is 0.365. The molecule has 0 bridgehead atoms. The molecule has 0 heterocycles. The number of unbranched alkanes of at least 4 members (excludes halogenated alkanes) is 2. The summed E-state index contributed by atoms with van der Waals surface area (Å²) in [6.45, 7) is 2.32. The lowest BCUT2D eigenvalue weighted by atomic mass is 9.68.